The summed E-state index contributed by atoms with van der Waals surface area (Å²) in [6.45, 7) is 11.6. The average molecular weight is 850 g/mol. The molecule has 3 N–H and O–H groups in total. The maximum atomic E-state index is 15.4. The number of carbonyl (C=O) groups is 3. The SMILES string of the molecule is CCCOC(=O)NCC1(O)[C@H](OC(C)=O)[C@]2(CC)C=CCN3CC[C@@]4(c5cc([C@@]6(C(=O)OC)C[C@@H]7C=C(CC)CN(CCc8c6[nH]c6ccccc86)C7)c(OC)cc5N(C)[C@@H]14)[C@@H]32. The molecule has 62 heavy (non-hydrogen) atoms. The zero-order valence-electron chi connectivity index (χ0n) is 37.3. The number of benzene rings is 2. The van der Waals surface area contributed by atoms with E-state index >= 15 is 4.79 Å². The van der Waals surface area contributed by atoms with E-state index in [2.05, 4.69) is 81.3 Å². The Kier molecular flexibility index (Phi) is 10.8. The lowest BCUT2D eigenvalue weighted by Crippen LogP contribution is -2.81. The number of esters is 2. The number of aromatic nitrogens is 1. The molecule has 9 rings (SSSR count). The monoisotopic (exact) mass is 849 g/mol. The second-order valence-corrected chi connectivity index (χ2v) is 18.7. The van der Waals surface area contributed by atoms with Gasteiger partial charge in [-0.2, -0.15) is 0 Å². The molecule has 13 heteroatoms. The molecule has 9 atom stereocenters. The molecule has 1 saturated carbocycles. The third-order valence-electron chi connectivity index (χ3n) is 15.6. The van der Waals surface area contributed by atoms with E-state index in [4.69, 9.17) is 18.9 Å². The lowest BCUT2D eigenvalue weighted by molar-refractivity contribution is -0.217. The first-order chi connectivity index (χ1) is 29.9. The summed E-state index contributed by atoms with van der Waals surface area (Å²) in [5.41, 5.74) is 2.06. The van der Waals surface area contributed by atoms with Crippen LogP contribution < -0.4 is 15.0 Å². The number of para-hydroxylation sites is 1. The van der Waals surface area contributed by atoms with Crippen molar-refractivity contribution in [1.82, 2.24) is 20.1 Å². The fourth-order valence-electron chi connectivity index (χ4n) is 13.5. The number of hydrogen-bond donors (Lipinski definition) is 3. The van der Waals surface area contributed by atoms with Crippen LogP contribution in [-0.4, -0.2) is 129 Å². The molecule has 6 aliphatic rings. The molecule has 2 fully saturated rings. The molecular formula is C49H63N5O8. The molecule has 0 radical (unpaired) electrons. The highest BCUT2D eigenvalue weighted by Gasteiger charge is 2.78. The molecule has 1 amide bonds. The van der Waals surface area contributed by atoms with Gasteiger partial charge >= 0.3 is 18.0 Å². The van der Waals surface area contributed by atoms with E-state index in [0.717, 1.165) is 72.4 Å². The Morgan fingerprint density at radius 2 is 1.85 bits per heavy atom. The minimum Gasteiger partial charge on any atom is -0.496 e. The zero-order chi connectivity index (χ0) is 43.8. The van der Waals surface area contributed by atoms with Crippen LogP contribution in [0.1, 0.15) is 82.2 Å². The Morgan fingerprint density at radius 1 is 1.05 bits per heavy atom. The Morgan fingerprint density at radius 3 is 2.58 bits per heavy atom. The molecule has 13 nitrogen and oxygen atoms in total. The molecule has 1 spiro atoms. The van der Waals surface area contributed by atoms with E-state index < -0.39 is 46.1 Å². The summed E-state index contributed by atoms with van der Waals surface area (Å²) in [4.78, 5) is 52.7. The minimum atomic E-state index is -1.81. The second kappa shape index (κ2) is 15.7. The van der Waals surface area contributed by atoms with Gasteiger partial charge < -0.3 is 39.3 Å². The summed E-state index contributed by atoms with van der Waals surface area (Å²) in [7, 11) is 5.11. The van der Waals surface area contributed by atoms with Crippen molar-refractivity contribution in [3.63, 3.8) is 0 Å². The first-order valence-corrected chi connectivity index (χ1v) is 22.6. The Labute approximate surface area is 364 Å². The number of fused-ring (bicyclic) bond motifs is 6. The fourth-order valence-corrected chi connectivity index (χ4v) is 13.5. The van der Waals surface area contributed by atoms with E-state index in [1.807, 2.05) is 26.1 Å². The highest BCUT2D eigenvalue weighted by Crippen LogP contribution is 2.68. The van der Waals surface area contributed by atoms with Crippen LogP contribution in [-0.2, 0) is 41.1 Å². The molecule has 3 aromatic rings. The molecule has 2 aromatic carbocycles. The highest BCUT2D eigenvalue weighted by atomic mass is 16.6. The van der Waals surface area contributed by atoms with Gasteiger partial charge in [0.15, 0.2) is 0 Å². The molecule has 1 aliphatic carbocycles. The van der Waals surface area contributed by atoms with E-state index in [1.165, 1.54) is 19.6 Å². The number of nitrogens with one attached hydrogen (secondary N) is 2. The number of hydrogen-bond acceptors (Lipinski definition) is 11. The number of alkyl carbamates (subject to hydrolysis) is 1. The normalized spacial score (nSPS) is 33.2. The summed E-state index contributed by atoms with van der Waals surface area (Å²) in [6.07, 6.45) is 8.99. The number of aliphatic hydroxyl groups is 1. The van der Waals surface area contributed by atoms with E-state index in [0.29, 0.717) is 43.5 Å². The average Bonchev–Trinajstić information content (AvgIpc) is 3.94. The van der Waals surface area contributed by atoms with Crippen LogP contribution >= 0.6 is 0 Å². The van der Waals surface area contributed by atoms with Crippen molar-refractivity contribution in [2.75, 3.05) is 72.0 Å². The van der Waals surface area contributed by atoms with Crippen LogP contribution in [0.15, 0.2) is 60.2 Å². The highest BCUT2D eigenvalue weighted by molar-refractivity contribution is 5.94. The summed E-state index contributed by atoms with van der Waals surface area (Å²) >= 11 is 0. The van der Waals surface area contributed by atoms with Gasteiger partial charge in [-0.3, -0.25) is 19.4 Å². The van der Waals surface area contributed by atoms with Crippen molar-refractivity contribution in [3.8, 4) is 5.75 Å². The standard InChI is InChI=1S/C49H63N5O8/c1-8-22-61-45(57)50-29-49(58)42-47(18-21-54-19-13-17-46(10-3,41(47)54)43(49)62-30(4)55)35-24-36(39(59-6)25-38(35)52(42)5)48(44(56)60-7)26-32-23-31(9-2)27-53(28-32)20-16-34-33-14-11-12-15-37(33)51-40(34)48/h11-15,17,23-25,32,41-43,51,58H,8-10,16,18-22,26-29H2,1-7H3,(H,50,57)/t32-,41-,42+,43+,46+,47+,48-,49?/m0/s1. The summed E-state index contributed by atoms with van der Waals surface area (Å²) in [6, 6.07) is 11.6. The van der Waals surface area contributed by atoms with Crippen LogP contribution in [0.4, 0.5) is 10.5 Å². The van der Waals surface area contributed by atoms with Gasteiger partial charge in [0, 0.05) is 90.9 Å². The topological polar surface area (TPSA) is 146 Å². The molecule has 6 heterocycles. The van der Waals surface area contributed by atoms with Gasteiger partial charge in [0.05, 0.1) is 33.4 Å². The molecule has 332 valence electrons. The molecule has 2 bridgehead atoms. The molecular weight excluding hydrogens is 787 g/mol. The maximum absolute atomic E-state index is 15.4. The van der Waals surface area contributed by atoms with Gasteiger partial charge in [0.25, 0.3) is 0 Å². The summed E-state index contributed by atoms with van der Waals surface area (Å²) in [5.74, 6) is -0.309. The van der Waals surface area contributed by atoms with Crippen LogP contribution in [0.5, 0.6) is 5.75 Å². The molecule has 1 saturated heterocycles. The predicted octanol–water partition coefficient (Wildman–Crippen LogP) is 5.76. The fraction of sp³-hybridized carbons (Fsp3) is 0.571. The first-order valence-electron chi connectivity index (χ1n) is 22.6. The number of aromatic amines is 1. The van der Waals surface area contributed by atoms with Crippen molar-refractivity contribution in [3.05, 3.63) is 82.6 Å². The quantitative estimate of drug-likeness (QED) is 0.130. The molecule has 1 aromatic heterocycles. The Balaban J connectivity index is 1.33. The minimum absolute atomic E-state index is 0.0303. The number of amides is 1. The number of nitrogens with zero attached hydrogens (tertiary/aromatic N) is 3. The number of H-pyrrole nitrogens is 1. The lowest BCUT2D eigenvalue weighted by Gasteiger charge is -2.64. The van der Waals surface area contributed by atoms with Crippen molar-refractivity contribution in [2.24, 2.45) is 11.3 Å². The van der Waals surface area contributed by atoms with Gasteiger partial charge in [-0.05, 0) is 74.2 Å². The van der Waals surface area contributed by atoms with Gasteiger partial charge in [-0.25, -0.2) is 4.79 Å². The Hall–Kier alpha value is -4.85. The first kappa shape index (κ1) is 42.5. The number of likely N-dealkylation sites (N-methyl/N-ethyl adjacent to an activating group) is 1. The second-order valence-electron chi connectivity index (χ2n) is 18.7. The number of ether oxygens (including phenoxy) is 4. The van der Waals surface area contributed by atoms with Gasteiger partial charge in [0.1, 0.15) is 22.9 Å². The van der Waals surface area contributed by atoms with Crippen molar-refractivity contribution < 1.29 is 38.4 Å². The van der Waals surface area contributed by atoms with Crippen molar-refractivity contribution in [1.29, 1.82) is 0 Å². The number of anilines is 1. The van der Waals surface area contributed by atoms with Gasteiger partial charge in [-0.1, -0.05) is 62.8 Å². The lowest BCUT2D eigenvalue weighted by atomic mass is 9.47. The third kappa shape index (κ3) is 6.00. The van der Waals surface area contributed by atoms with Crippen LogP contribution in [0.3, 0.4) is 0 Å². The van der Waals surface area contributed by atoms with E-state index in [9.17, 15) is 14.7 Å². The van der Waals surface area contributed by atoms with E-state index in [1.54, 1.807) is 7.11 Å². The maximum Gasteiger partial charge on any atom is 0.407 e. The Bertz CT molecular complexity index is 2340. The predicted molar refractivity (Wildman–Crippen MR) is 237 cm³/mol. The van der Waals surface area contributed by atoms with E-state index in [-0.39, 0.29) is 31.1 Å². The molecule has 2 unspecified atom stereocenters. The zero-order valence-corrected chi connectivity index (χ0v) is 37.3. The largest absolute Gasteiger partial charge is 0.496 e. The van der Waals surface area contributed by atoms with Gasteiger partial charge in [0.2, 0.25) is 0 Å². The number of rotatable bonds is 10. The van der Waals surface area contributed by atoms with Gasteiger partial charge in [-0.15, -0.1) is 0 Å². The number of carbonyl (C=O) groups excluding carboxylic acids is 3. The molecule has 5 aliphatic heterocycles. The number of methoxy groups -OCH3 is 2. The van der Waals surface area contributed by atoms with Crippen LogP contribution in [0.2, 0.25) is 0 Å². The third-order valence-corrected chi connectivity index (χ3v) is 15.6. The van der Waals surface area contributed by atoms with Crippen molar-refractivity contribution in [2.45, 2.75) is 101 Å². The van der Waals surface area contributed by atoms with Crippen molar-refractivity contribution >= 4 is 34.6 Å². The van der Waals surface area contributed by atoms with Crippen LogP contribution in [0, 0.1) is 11.3 Å². The summed E-state index contributed by atoms with van der Waals surface area (Å²) < 4.78 is 24.3. The summed E-state index contributed by atoms with van der Waals surface area (Å²) in [5, 5.41) is 17.7. The smallest absolute Gasteiger partial charge is 0.407 e. The van der Waals surface area contributed by atoms with Crippen LogP contribution in [0.25, 0.3) is 10.9 Å².